The molecule has 0 saturated carbocycles. The fourth-order valence-corrected chi connectivity index (χ4v) is 3.76. The van der Waals surface area contributed by atoms with Gasteiger partial charge in [0.1, 0.15) is 12.1 Å². The Balaban J connectivity index is 2.13. The van der Waals surface area contributed by atoms with E-state index in [2.05, 4.69) is 21.3 Å². The number of Topliss-reactive ketones (excluding diaryl/α,β-unsaturated/α-hetero) is 1. The van der Waals surface area contributed by atoms with E-state index in [0.717, 1.165) is 5.56 Å². The minimum Gasteiger partial charge on any atom is -0.347 e. The smallest absolute Gasteiger partial charge is 0.289 e. The van der Waals surface area contributed by atoms with Crippen LogP contribution in [-0.4, -0.2) is 53.6 Å². The highest BCUT2D eigenvalue weighted by Gasteiger charge is 2.31. The summed E-state index contributed by atoms with van der Waals surface area (Å²) in [5.41, 5.74) is 1.23. The molecular weight excluding hydrogens is 484 g/mol. The van der Waals surface area contributed by atoms with Gasteiger partial charge in [0.2, 0.25) is 17.6 Å². The number of hydrogen-bond donors (Lipinski definition) is 4. The van der Waals surface area contributed by atoms with Crippen LogP contribution in [0.4, 0.5) is 0 Å². The number of benzene rings is 2. The summed E-state index contributed by atoms with van der Waals surface area (Å²) in [7, 11) is 0. The van der Waals surface area contributed by atoms with Crippen molar-refractivity contribution in [2.24, 2.45) is 5.92 Å². The highest BCUT2D eigenvalue weighted by Crippen LogP contribution is 2.08. The molecule has 9 heteroatoms. The molecule has 204 valence electrons. The molecular formula is C29H38N4O5. The van der Waals surface area contributed by atoms with Crippen molar-refractivity contribution >= 4 is 29.4 Å². The lowest BCUT2D eigenvalue weighted by atomic mass is 9.99. The molecule has 9 nitrogen and oxygen atoms in total. The topological polar surface area (TPSA) is 133 Å². The minimum atomic E-state index is -1.03. The first kappa shape index (κ1) is 30.2. The number of carbonyl (C=O) groups excluding carboxylic acids is 5. The summed E-state index contributed by atoms with van der Waals surface area (Å²) in [6, 6.07) is 14.5. The summed E-state index contributed by atoms with van der Waals surface area (Å²) in [5, 5.41) is 10.6. The molecule has 0 aliphatic carbocycles. The molecule has 0 spiro atoms. The van der Waals surface area contributed by atoms with Crippen LogP contribution in [0.1, 0.15) is 57.0 Å². The number of rotatable bonds is 13. The van der Waals surface area contributed by atoms with Gasteiger partial charge in [0.25, 0.3) is 11.8 Å². The van der Waals surface area contributed by atoms with Crippen molar-refractivity contribution < 1.29 is 24.0 Å². The van der Waals surface area contributed by atoms with Crippen LogP contribution in [0.3, 0.4) is 0 Å². The second-order valence-electron chi connectivity index (χ2n) is 10.00. The van der Waals surface area contributed by atoms with Gasteiger partial charge in [-0.2, -0.15) is 0 Å². The van der Waals surface area contributed by atoms with Crippen molar-refractivity contribution in [1.82, 2.24) is 21.3 Å². The molecule has 4 amide bonds. The maximum absolute atomic E-state index is 13.2. The second kappa shape index (κ2) is 14.7. The first-order valence-electron chi connectivity index (χ1n) is 12.8. The van der Waals surface area contributed by atoms with E-state index in [0.29, 0.717) is 5.56 Å². The van der Waals surface area contributed by atoms with Gasteiger partial charge in [-0.1, -0.05) is 62.4 Å². The summed E-state index contributed by atoms with van der Waals surface area (Å²) >= 11 is 0. The van der Waals surface area contributed by atoms with E-state index in [-0.39, 0.29) is 24.8 Å². The maximum Gasteiger partial charge on any atom is 0.289 e. The van der Waals surface area contributed by atoms with E-state index in [9.17, 15) is 24.0 Å². The standard InChI is InChI=1S/C29H38N4O5/c1-18(2)16-23(25(34)29(38)30-19(3)4)32-26(35)20(5)31-28(37)24(17-21-12-8-6-9-13-21)33-27(36)22-14-10-7-11-15-22/h6-15,18-20,23-24H,16-17H2,1-5H3,(H,30,38)(H,31,37)(H,32,35)(H,33,36). The fraction of sp³-hybridized carbons (Fsp3) is 0.414. The number of carbonyl (C=O) groups is 5. The zero-order valence-corrected chi connectivity index (χ0v) is 22.6. The predicted octanol–water partition coefficient (Wildman–Crippen LogP) is 2.16. The highest BCUT2D eigenvalue weighted by atomic mass is 16.2. The van der Waals surface area contributed by atoms with Gasteiger partial charge in [0, 0.05) is 18.0 Å². The summed E-state index contributed by atoms with van der Waals surface area (Å²) in [4.78, 5) is 63.9. The normalized spacial score (nSPS) is 13.2. The van der Waals surface area contributed by atoms with Crippen molar-refractivity contribution in [2.75, 3.05) is 0 Å². The molecule has 4 N–H and O–H groups in total. The van der Waals surface area contributed by atoms with E-state index in [4.69, 9.17) is 0 Å². The highest BCUT2D eigenvalue weighted by molar-refractivity contribution is 6.38. The van der Waals surface area contributed by atoms with Gasteiger partial charge in [0.05, 0.1) is 6.04 Å². The molecule has 38 heavy (non-hydrogen) atoms. The molecule has 3 atom stereocenters. The number of ketones is 1. The molecule has 2 aromatic rings. The Hall–Kier alpha value is -4.01. The van der Waals surface area contributed by atoms with E-state index < -0.39 is 47.5 Å². The Bertz CT molecular complexity index is 1100. The Labute approximate surface area is 224 Å². The molecule has 3 unspecified atom stereocenters. The van der Waals surface area contributed by atoms with Crippen molar-refractivity contribution in [3.05, 3.63) is 71.8 Å². The molecule has 0 aliphatic rings. The third kappa shape index (κ3) is 9.80. The van der Waals surface area contributed by atoms with Gasteiger partial charge in [-0.3, -0.25) is 24.0 Å². The number of hydrogen-bond acceptors (Lipinski definition) is 5. The lowest BCUT2D eigenvalue weighted by Crippen LogP contribution is -2.56. The third-order valence-corrected chi connectivity index (χ3v) is 5.68. The summed E-state index contributed by atoms with van der Waals surface area (Å²) < 4.78 is 0. The van der Waals surface area contributed by atoms with Crippen LogP contribution in [0.25, 0.3) is 0 Å². The van der Waals surface area contributed by atoms with Crippen molar-refractivity contribution in [3.63, 3.8) is 0 Å². The van der Waals surface area contributed by atoms with Gasteiger partial charge >= 0.3 is 0 Å². The Morgan fingerprint density at radius 2 is 1.24 bits per heavy atom. The van der Waals surface area contributed by atoms with Crippen LogP contribution in [0.5, 0.6) is 0 Å². The number of nitrogens with one attached hydrogen (secondary N) is 4. The van der Waals surface area contributed by atoms with Gasteiger partial charge in [0.15, 0.2) is 0 Å². The summed E-state index contributed by atoms with van der Waals surface area (Å²) in [5.74, 6) is -3.06. The average molecular weight is 523 g/mol. The van der Waals surface area contributed by atoms with Crippen molar-refractivity contribution in [1.29, 1.82) is 0 Å². The fourth-order valence-electron chi connectivity index (χ4n) is 3.76. The molecule has 0 fully saturated rings. The lowest BCUT2D eigenvalue weighted by molar-refractivity contribution is -0.141. The van der Waals surface area contributed by atoms with Gasteiger partial charge in [-0.25, -0.2) is 0 Å². The zero-order chi connectivity index (χ0) is 28.2. The third-order valence-electron chi connectivity index (χ3n) is 5.68. The van der Waals surface area contributed by atoms with Crippen LogP contribution in [0.2, 0.25) is 0 Å². The van der Waals surface area contributed by atoms with Crippen molar-refractivity contribution in [3.8, 4) is 0 Å². The summed E-state index contributed by atoms with van der Waals surface area (Å²) in [6.07, 6.45) is 0.476. The molecule has 2 aromatic carbocycles. The van der Waals surface area contributed by atoms with E-state index in [1.54, 1.807) is 44.2 Å². The lowest BCUT2D eigenvalue weighted by Gasteiger charge is -2.24. The van der Waals surface area contributed by atoms with Crippen LogP contribution in [0, 0.1) is 5.92 Å². The number of amides is 4. The van der Waals surface area contributed by atoms with E-state index in [1.807, 2.05) is 44.2 Å². The van der Waals surface area contributed by atoms with E-state index >= 15 is 0 Å². The largest absolute Gasteiger partial charge is 0.347 e. The molecule has 0 bridgehead atoms. The molecule has 0 heterocycles. The van der Waals surface area contributed by atoms with Gasteiger partial charge in [-0.05, 0) is 50.8 Å². The van der Waals surface area contributed by atoms with Crippen molar-refractivity contribution in [2.45, 2.75) is 71.6 Å². The zero-order valence-electron chi connectivity index (χ0n) is 22.6. The first-order chi connectivity index (χ1) is 18.0. The molecule has 2 rings (SSSR count). The minimum absolute atomic E-state index is 0.0319. The molecule has 0 saturated heterocycles. The monoisotopic (exact) mass is 522 g/mol. The molecule has 0 radical (unpaired) electrons. The maximum atomic E-state index is 13.2. The quantitative estimate of drug-likeness (QED) is 0.299. The second-order valence-corrected chi connectivity index (χ2v) is 10.00. The molecule has 0 aliphatic heterocycles. The van der Waals surface area contributed by atoms with Crippen LogP contribution in [0.15, 0.2) is 60.7 Å². The van der Waals surface area contributed by atoms with E-state index in [1.165, 1.54) is 6.92 Å². The Morgan fingerprint density at radius 1 is 0.658 bits per heavy atom. The van der Waals surface area contributed by atoms with Crippen LogP contribution < -0.4 is 21.3 Å². The van der Waals surface area contributed by atoms with Gasteiger partial charge in [-0.15, -0.1) is 0 Å². The Kier molecular flexibility index (Phi) is 11.7. The Morgan fingerprint density at radius 3 is 1.79 bits per heavy atom. The first-order valence-corrected chi connectivity index (χ1v) is 12.8. The summed E-state index contributed by atoms with van der Waals surface area (Å²) in [6.45, 7) is 8.71. The van der Waals surface area contributed by atoms with Crippen LogP contribution >= 0.6 is 0 Å². The average Bonchev–Trinajstić information content (AvgIpc) is 2.87. The van der Waals surface area contributed by atoms with Crippen LogP contribution in [-0.2, 0) is 25.6 Å². The predicted molar refractivity (Wildman–Crippen MR) is 145 cm³/mol. The molecule has 0 aromatic heterocycles. The SMILES string of the molecule is CC(C)CC(NC(=O)C(C)NC(=O)C(Cc1ccccc1)NC(=O)c1ccccc1)C(=O)C(=O)NC(C)C. The van der Waals surface area contributed by atoms with Gasteiger partial charge < -0.3 is 21.3 Å².